The molecule has 4 rings (SSSR count). The number of fused-ring (bicyclic) bond motifs is 3. The molecule has 136 valence electrons. The highest BCUT2D eigenvalue weighted by atomic mass is 19.3. The molecule has 0 amide bonds. The van der Waals surface area contributed by atoms with E-state index in [4.69, 9.17) is 9.72 Å². The van der Waals surface area contributed by atoms with Gasteiger partial charge in [-0.1, -0.05) is 0 Å². The Labute approximate surface area is 148 Å². The number of imidazole rings is 1. The standard InChI is InChI=1S/C17H17F2N5O2/c1-10(2)24-16(20-9-21-24)13-8-23-5-6-25-14-7-11(26-17(18)19)3-4-12(14)15(23)22-13/h3-4,7-10,17H,5-6H2,1-2H3. The van der Waals surface area contributed by atoms with E-state index in [-0.39, 0.29) is 11.8 Å². The van der Waals surface area contributed by atoms with Crippen molar-refractivity contribution in [3.8, 4) is 34.4 Å². The fourth-order valence-electron chi connectivity index (χ4n) is 2.96. The molecule has 0 atom stereocenters. The highest BCUT2D eigenvalue weighted by Gasteiger charge is 2.22. The second kappa shape index (κ2) is 6.40. The molecular formula is C17H17F2N5O2. The molecule has 0 fully saturated rings. The Hall–Kier alpha value is -2.97. The number of alkyl halides is 2. The quantitative estimate of drug-likeness (QED) is 0.713. The summed E-state index contributed by atoms with van der Waals surface area (Å²) in [6.07, 6.45) is 3.41. The van der Waals surface area contributed by atoms with Crippen molar-refractivity contribution in [2.75, 3.05) is 6.61 Å². The Morgan fingerprint density at radius 2 is 2.08 bits per heavy atom. The number of benzene rings is 1. The zero-order valence-electron chi connectivity index (χ0n) is 14.3. The molecule has 2 aromatic heterocycles. The molecule has 0 radical (unpaired) electrons. The highest BCUT2D eigenvalue weighted by Crippen LogP contribution is 2.36. The molecule has 9 heteroatoms. The largest absolute Gasteiger partial charge is 0.491 e. The summed E-state index contributed by atoms with van der Waals surface area (Å²) in [6.45, 7) is 2.14. The van der Waals surface area contributed by atoms with E-state index in [0.717, 1.165) is 0 Å². The van der Waals surface area contributed by atoms with Crippen LogP contribution in [0.4, 0.5) is 8.78 Å². The molecule has 0 aliphatic carbocycles. The molecule has 3 heterocycles. The first-order valence-corrected chi connectivity index (χ1v) is 8.22. The third kappa shape index (κ3) is 2.89. The van der Waals surface area contributed by atoms with E-state index in [1.54, 1.807) is 10.7 Å². The van der Waals surface area contributed by atoms with E-state index in [0.29, 0.717) is 41.8 Å². The second-order valence-corrected chi connectivity index (χ2v) is 6.15. The highest BCUT2D eigenvalue weighted by molar-refractivity contribution is 5.69. The number of hydrogen-bond donors (Lipinski definition) is 0. The lowest BCUT2D eigenvalue weighted by Crippen LogP contribution is -2.06. The SMILES string of the molecule is CC(C)n1ncnc1-c1cn2c(n1)-c1ccc(OC(F)F)cc1OCC2. The molecule has 0 unspecified atom stereocenters. The number of nitrogens with zero attached hydrogens (tertiary/aromatic N) is 5. The lowest BCUT2D eigenvalue weighted by molar-refractivity contribution is -0.0499. The van der Waals surface area contributed by atoms with E-state index >= 15 is 0 Å². The maximum Gasteiger partial charge on any atom is 0.387 e. The van der Waals surface area contributed by atoms with Gasteiger partial charge in [-0.15, -0.1) is 0 Å². The van der Waals surface area contributed by atoms with Crippen LogP contribution in [0.1, 0.15) is 19.9 Å². The maximum absolute atomic E-state index is 12.4. The zero-order valence-corrected chi connectivity index (χ0v) is 14.3. The van der Waals surface area contributed by atoms with Crippen LogP contribution in [0.15, 0.2) is 30.7 Å². The Balaban J connectivity index is 1.77. The van der Waals surface area contributed by atoms with Gasteiger partial charge in [0.2, 0.25) is 0 Å². The molecule has 1 aliphatic rings. The van der Waals surface area contributed by atoms with Gasteiger partial charge in [0.05, 0.1) is 12.1 Å². The van der Waals surface area contributed by atoms with Gasteiger partial charge in [0.15, 0.2) is 5.82 Å². The Morgan fingerprint density at radius 1 is 1.23 bits per heavy atom. The topological polar surface area (TPSA) is 67.0 Å². The van der Waals surface area contributed by atoms with E-state index < -0.39 is 6.61 Å². The summed E-state index contributed by atoms with van der Waals surface area (Å²) < 4.78 is 38.8. The first-order chi connectivity index (χ1) is 12.5. The summed E-state index contributed by atoms with van der Waals surface area (Å²) in [4.78, 5) is 9.02. The summed E-state index contributed by atoms with van der Waals surface area (Å²) in [5, 5.41) is 4.24. The van der Waals surface area contributed by atoms with Gasteiger partial charge >= 0.3 is 6.61 Å². The zero-order chi connectivity index (χ0) is 18.3. The summed E-state index contributed by atoms with van der Waals surface area (Å²) >= 11 is 0. The molecule has 0 N–H and O–H groups in total. The van der Waals surface area contributed by atoms with Crippen molar-refractivity contribution in [2.24, 2.45) is 0 Å². The number of aromatic nitrogens is 5. The smallest absolute Gasteiger partial charge is 0.387 e. The monoisotopic (exact) mass is 361 g/mol. The second-order valence-electron chi connectivity index (χ2n) is 6.15. The predicted molar refractivity (Wildman–Crippen MR) is 89.2 cm³/mol. The van der Waals surface area contributed by atoms with Crippen molar-refractivity contribution < 1.29 is 18.3 Å². The van der Waals surface area contributed by atoms with Crippen molar-refractivity contribution in [1.29, 1.82) is 0 Å². The van der Waals surface area contributed by atoms with Gasteiger partial charge in [-0.05, 0) is 26.0 Å². The van der Waals surface area contributed by atoms with Crippen molar-refractivity contribution in [1.82, 2.24) is 24.3 Å². The molecule has 1 aromatic carbocycles. The number of ether oxygens (including phenoxy) is 2. The normalized spacial score (nSPS) is 13.3. The number of rotatable bonds is 4. The van der Waals surface area contributed by atoms with Crippen LogP contribution in [0, 0.1) is 0 Å². The first-order valence-electron chi connectivity index (χ1n) is 8.22. The van der Waals surface area contributed by atoms with Crippen molar-refractivity contribution >= 4 is 0 Å². The average Bonchev–Trinajstić information content (AvgIpc) is 3.18. The number of halogens is 2. The van der Waals surface area contributed by atoms with Gasteiger partial charge in [-0.2, -0.15) is 13.9 Å². The van der Waals surface area contributed by atoms with Crippen molar-refractivity contribution in [3.05, 3.63) is 30.7 Å². The van der Waals surface area contributed by atoms with E-state index in [1.165, 1.54) is 18.5 Å². The maximum atomic E-state index is 12.4. The summed E-state index contributed by atoms with van der Waals surface area (Å²) in [6, 6.07) is 4.77. The Bertz CT molecular complexity index is 935. The van der Waals surface area contributed by atoms with E-state index in [2.05, 4.69) is 14.8 Å². The molecular weight excluding hydrogens is 344 g/mol. The minimum absolute atomic E-state index is 0.0542. The first kappa shape index (κ1) is 16.5. The molecule has 0 saturated carbocycles. The molecule has 26 heavy (non-hydrogen) atoms. The van der Waals surface area contributed by atoms with E-state index in [1.807, 2.05) is 24.6 Å². The van der Waals surface area contributed by atoms with E-state index in [9.17, 15) is 8.78 Å². The lowest BCUT2D eigenvalue weighted by atomic mass is 10.2. The fraction of sp³-hybridized carbons (Fsp3) is 0.353. The predicted octanol–water partition coefficient (Wildman–Crippen LogP) is 3.38. The minimum Gasteiger partial charge on any atom is -0.491 e. The number of hydrogen-bond acceptors (Lipinski definition) is 5. The van der Waals surface area contributed by atoms with Gasteiger partial charge in [0.25, 0.3) is 0 Å². The van der Waals surface area contributed by atoms with Crippen LogP contribution in [0.5, 0.6) is 11.5 Å². The Morgan fingerprint density at radius 3 is 2.85 bits per heavy atom. The van der Waals surface area contributed by atoms with Crippen LogP contribution < -0.4 is 9.47 Å². The fourth-order valence-corrected chi connectivity index (χ4v) is 2.96. The third-order valence-corrected chi connectivity index (χ3v) is 4.08. The Kier molecular flexibility index (Phi) is 4.06. The molecule has 0 saturated heterocycles. The van der Waals surface area contributed by atoms with Gasteiger partial charge in [-0.25, -0.2) is 14.6 Å². The van der Waals surface area contributed by atoms with Gasteiger partial charge in [0, 0.05) is 18.3 Å². The third-order valence-electron chi connectivity index (χ3n) is 4.08. The van der Waals surface area contributed by atoms with Crippen LogP contribution in [0.3, 0.4) is 0 Å². The molecule has 0 spiro atoms. The molecule has 7 nitrogen and oxygen atoms in total. The van der Waals surface area contributed by atoms with Crippen LogP contribution in [0.2, 0.25) is 0 Å². The van der Waals surface area contributed by atoms with Crippen LogP contribution in [-0.2, 0) is 6.54 Å². The molecule has 1 aliphatic heterocycles. The average molecular weight is 361 g/mol. The molecule has 0 bridgehead atoms. The van der Waals surface area contributed by atoms with Crippen molar-refractivity contribution in [2.45, 2.75) is 33.0 Å². The van der Waals surface area contributed by atoms with Crippen LogP contribution in [-0.4, -0.2) is 37.5 Å². The van der Waals surface area contributed by atoms with Gasteiger partial charge < -0.3 is 14.0 Å². The minimum atomic E-state index is -2.88. The molecule has 3 aromatic rings. The van der Waals surface area contributed by atoms with Crippen LogP contribution >= 0.6 is 0 Å². The summed E-state index contributed by atoms with van der Waals surface area (Å²) in [5.41, 5.74) is 1.41. The van der Waals surface area contributed by atoms with Gasteiger partial charge in [0.1, 0.15) is 36.0 Å². The summed E-state index contributed by atoms with van der Waals surface area (Å²) in [5.74, 6) is 1.89. The summed E-state index contributed by atoms with van der Waals surface area (Å²) in [7, 11) is 0. The van der Waals surface area contributed by atoms with Gasteiger partial charge in [-0.3, -0.25) is 0 Å². The van der Waals surface area contributed by atoms with Crippen molar-refractivity contribution in [3.63, 3.8) is 0 Å². The lowest BCUT2D eigenvalue weighted by Gasteiger charge is -2.10. The van der Waals surface area contributed by atoms with Crippen LogP contribution in [0.25, 0.3) is 22.9 Å².